The number of ketones is 1. The fourth-order valence-corrected chi connectivity index (χ4v) is 2.86. The number of Topliss-reactive ketones (excluding diaryl/α,β-unsaturated/α-hetero) is 1. The molecular formula is C19H21N3O6. The fraction of sp³-hybridized carbons (Fsp3) is 0.421. The van der Waals surface area contributed by atoms with Gasteiger partial charge in [0.2, 0.25) is 5.91 Å². The highest BCUT2D eigenvalue weighted by Crippen LogP contribution is 2.36. The van der Waals surface area contributed by atoms with E-state index in [1.54, 1.807) is 24.3 Å². The molecule has 0 spiro atoms. The maximum absolute atomic E-state index is 12.4. The van der Waals surface area contributed by atoms with Crippen molar-refractivity contribution in [1.29, 1.82) is 10.7 Å². The van der Waals surface area contributed by atoms with E-state index in [0.717, 1.165) is 0 Å². The zero-order valence-corrected chi connectivity index (χ0v) is 15.9. The molecule has 1 aliphatic heterocycles. The lowest BCUT2D eigenvalue weighted by Crippen LogP contribution is -2.29. The van der Waals surface area contributed by atoms with Crippen molar-refractivity contribution in [3.63, 3.8) is 0 Å². The molecule has 0 radical (unpaired) electrons. The molecule has 0 aromatic heterocycles. The summed E-state index contributed by atoms with van der Waals surface area (Å²) in [5.41, 5.74) is 0.390. The Hall–Kier alpha value is -3.41. The maximum atomic E-state index is 12.4. The normalized spacial score (nSPS) is 16.9. The first-order valence-electron chi connectivity index (χ1n) is 8.48. The molecule has 1 aliphatic rings. The number of rotatable bonds is 8. The number of anilines is 1. The summed E-state index contributed by atoms with van der Waals surface area (Å²) in [5.74, 6) is -2.63. The summed E-state index contributed by atoms with van der Waals surface area (Å²) in [5, 5.41) is 16.3. The topological polar surface area (TPSA) is 130 Å². The number of esters is 1. The lowest BCUT2D eigenvalue weighted by molar-refractivity contribution is -0.152. The van der Waals surface area contributed by atoms with Crippen molar-refractivity contribution >= 4 is 29.1 Å². The first kappa shape index (κ1) is 20.9. The van der Waals surface area contributed by atoms with Crippen molar-refractivity contribution in [2.45, 2.75) is 13.3 Å². The summed E-state index contributed by atoms with van der Waals surface area (Å²) in [6.45, 7) is 0.813. The molecule has 2 atom stereocenters. The number of methoxy groups -OCH3 is 2. The molecule has 0 saturated carbocycles. The van der Waals surface area contributed by atoms with Crippen LogP contribution in [0.2, 0.25) is 0 Å². The maximum Gasteiger partial charge on any atom is 0.311 e. The third kappa shape index (κ3) is 4.46. The van der Waals surface area contributed by atoms with Crippen molar-refractivity contribution in [3.8, 4) is 17.6 Å². The van der Waals surface area contributed by atoms with E-state index in [9.17, 15) is 14.4 Å². The lowest BCUT2D eigenvalue weighted by atomic mass is 10.0. The van der Waals surface area contributed by atoms with Gasteiger partial charge in [0.25, 0.3) is 0 Å². The van der Waals surface area contributed by atoms with Gasteiger partial charge in [-0.1, -0.05) is 0 Å². The molecule has 1 unspecified atom stereocenters. The second-order valence-electron chi connectivity index (χ2n) is 6.26. The molecule has 28 heavy (non-hydrogen) atoms. The summed E-state index contributed by atoms with van der Waals surface area (Å²) in [7, 11) is 2.98. The van der Waals surface area contributed by atoms with Gasteiger partial charge in [0.05, 0.1) is 31.9 Å². The van der Waals surface area contributed by atoms with Crippen LogP contribution in [0.4, 0.5) is 5.69 Å². The molecule has 1 N–H and O–H groups in total. The Kier molecular flexibility index (Phi) is 6.71. The number of nitrogens with one attached hydrogen (secondary N) is 1. The van der Waals surface area contributed by atoms with E-state index in [-0.39, 0.29) is 24.6 Å². The van der Waals surface area contributed by atoms with Gasteiger partial charge in [-0.25, -0.2) is 0 Å². The molecule has 1 heterocycles. The van der Waals surface area contributed by atoms with E-state index in [0.29, 0.717) is 17.2 Å². The number of nitrogens with zero attached hydrogens (tertiary/aromatic N) is 2. The van der Waals surface area contributed by atoms with Crippen molar-refractivity contribution in [2.75, 3.05) is 32.3 Å². The van der Waals surface area contributed by atoms with E-state index < -0.39 is 30.2 Å². The Morgan fingerprint density at radius 2 is 2.07 bits per heavy atom. The van der Waals surface area contributed by atoms with Crippen molar-refractivity contribution < 1.29 is 28.6 Å². The number of hydrogen-bond donors (Lipinski definition) is 1. The van der Waals surface area contributed by atoms with Crippen LogP contribution in [0.5, 0.6) is 11.5 Å². The molecule has 1 aromatic carbocycles. The minimum Gasteiger partial charge on any atom is -0.497 e. The molecule has 0 bridgehead atoms. The quantitative estimate of drug-likeness (QED) is 0.526. The zero-order valence-electron chi connectivity index (χ0n) is 15.9. The average Bonchev–Trinajstić information content (AvgIpc) is 3.07. The van der Waals surface area contributed by atoms with Crippen LogP contribution in [0.25, 0.3) is 0 Å². The summed E-state index contributed by atoms with van der Waals surface area (Å²) >= 11 is 0. The van der Waals surface area contributed by atoms with Crippen LogP contribution >= 0.6 is 0 Å². The van der Waals surface area contributed by atoms with Crippen LogP contribution in [0.3, 0.4) is 0 Å². The highest BCUT2D eigenvalue weighted by molar-refractivity contribution is 6.06. The zero-order chi connectivity index (χ0) is 20.8. The Labute approximate surface area is 162 Å². The third-order valence-corrected chi connectivity index (χ3v) is 4.38. The van der Waals surface area contributed by atoms with Gasteiger partial charge in [0, 0.05) is 24.7 Å². The minimum atomic E-state index is -1.24. The van der Waals surface area contributed by atoms with Gasteiger partial charge in [-0.05, 0) is 19.1 Å². The number of hydrogen-bond acceptors (Lipinski definition) is 8. The molecule has 1 aromatic rings. The summed E-state index contributed by atoms with van der Waals surface area (Å²) < 4.78 is 15.4. The fourth-order valence-electron chi connectivity index (χ4n) is 2.86. The van der Waals surface area contributed by atoms with Crippen LogP contribution in [-0.2, 0) is 19.1 Å². The Morgan fingerprint density at radius 1 is 1.36 bits per heavy atom. The molecule has 148 valence electrons. The summed E-state index contributed by atoms with van der Waals surface area (Å²) in [4.78, 5) is 38.0. The molecule has 2 rings (SSSR count). The number of ether oxygens (including phenoxy) is 3. The number of benzene rings is 1. The van der Waals surface area contributed by atoms with Crippen molar-refractivity contribution in [2.24, 2.45) is 11.8 Å². The first-order valence-corrected chi connectivity index (χ1v) is 8.48. The smallest absolute Gasteiger partial charge is 0.311 e. The van der Waals surface area contributed by atoms with E-state index in [1.807, 2.05) is 0 Å². The largest absolute Gasteiger partial charge is 0.497 e. The standard InChI is InChI=1S/C19H21N3O6/c1-11(21)14(8-20)16(23)10-28-19(25)12-6-18(24)22(9-12)15-5-4-13(26-2)7-17(15)27-3/h4-5,7,12,14,21H,6,9-10H2,1-3H3/t12-,14?/m1/s1. The Bertz CT molecular complexity index is 845. The lowest BCUT2D eigenvalue weighted by Gasteiger charge is -2.20. The second kappa shape index (κ2) is 8.99. The molecule has 1 saturated heterocycles. The van der Waals surface area contributed by atoms with Gasteiger partial charge >= 0.3 is 5.97 Å². The van der Waals surface area contributed by atoms with Crippen molar-refractivity contribution in [3.05, 3.63) is 18.2 Å². The summed E-state index contributed by atoms with van der Waals surface area (Å²) in [6.07, 6.45) is -0.0620. The first-order chi connectivity index (χ1) is 13.3. The van der Waals surface area contributed by atoms with Crippen LogP contribution < -0.4 is 14.4 Å². The highest BCUT2D eigenvalue weighted by atomic mass is 16.5. The van der Waals surface area contributed by atoms with E-state index in [1.165, 1.54) is 26.0 Å². The highest BCUT2D eigenvalue weighted by Gasteiger charge is 2.37. The van der Waals surface area contributed by atoms with E-state index >= 15 is 0 Å². The predicted octanol–water partition coefficient (Wildman–Crippen LogP) is 1.35. The summed E-state index contributed by atoms with van der Waals surface area (Å²) in [6, 6.07) is 6.68. The number of carbonyl (C=O) groups is 3. The average molecular weight is 387 g/mol. The van der Waals surface area contributed by atoms with Gasteiger partial charge < -0.3 is 24.5 Å². The Morgan fingerprint density at radius 3 is 2.64 bits per heavy atom. The molecule has 1 amide bonds. The predicted molar refractivity (Wildman–Crippen MR) is 98.5 cm³/mol. The van der Waals surface area contributed by atoms with Crippen LogP contribution in [0.15, 0.2) is 18.2 Å². The number of carbonyl (C=O) groups excluding carboxylic acids is 3. The van der Waals surface area contributed by atoms with Crippen molar-refractivity contribution in [1.82, 2.24) is 0 Å². The minimum absolute atomic E-state index is 0.0620. The van der Waals surface area contributed by atoms with Gasteiger partial charge in [0.1, 0.15) is 17.4 Å². The van der Waals surface area contributed by atoms with Gasteiger partial charge in [-0.15, -0.1) is 0 Å². The number of nitriles is 1. The molecule has 9 heteroatoms. The molecular weight excluding hydrogens is 366 g/mol. The van der Waals surface area contributed by atoms with E-state index in [2.05, 4.69) is 0 Å². The van der Waals surface area contributed by atoms with Crippen LogP contribution in [0.1, 0.15) is 13.3 Å². The van der Waals surface area contributed by atoms with Gasteiger partial charge in [0.15, 0.2) is 12.4 Å². The van der Waals surface area contributed by atoms with Gasteiger partial charge in [-0.2, -0.15) is 5.26 Å². The van der Waals surface area contributed by atoms with Crippen LogP contribution in [0, 0.1) is 28.6 Å². The monoisotopic (exact) mass is 387 g/mol. The number of amides is 1. The third-order valence-electron chi connectivity index (χ3n) is 4.38. The molecule has 9 nitrogen and oxygen atoms in total. The van der Waals surface area contributed by atoms with Crippen LogP contribution in [-0.4, -0.2) is 50.7 Å². The SMILES string of the molecule is COc1ccc(N2C[C@H](C(=O)OCC(=O)C(C#N)C(C)=N)CC2=O)c(OC)c1. The molecule has 0 aliphatic carbocycles. The molecule has 1 fully saturated rings. The Balaban J connectivity index is 2.04. The van der Waals surface area contributed by atoms with E-state index in [4.69, 9.17) is 24.9 Å². The van der Waals surface area contributed by atoms with Gasteiger partial charge in [-0.3, -0.25) is 14.4 Å². The second-order valence-corrected chi connectivity index (χ2v) is 6.26.